The van der Waals surface area contributed by atoms with Crippen LogP contribution < -0.4 is 5.73 Å². The zero-order chi connectivity index (χ0) is 18.8. The predicted octanol–water partition coefficient (Wildman–Crippen LogP) is 2.56. The Kier molecular flexibility index (Phi) is 9.42. The smallest absolute Gasteiger partial charge is 0.225 e. The zero-order valence-corrected chi connectivity index (χ0v) is 15.1. The zero-order valence-electron chi connectivity index (χ0n) is 15.1. The lowest BCUT2D eigenvalue weighted by atomic mass is 9.96. The quantitative estimate of drug-likeness (QED) is 0.210. The summed E-state index contributed by atoms with van der Waals surface area (Å²) < 4.78 is 0. The van der Waals surface area contributed by atoms with E-state index in [9.17, 15) is 20.1 Å². The maximum atomic E-state index is 11.7. The van der Waals surface area contributed by atoms with Gasteiger partial charge in [0.15, 0.2) is 5.76 Å². The number of hydrogen-bond donors (Lipinski definition) is 4. The van der Waals surface area contributed by atoms with Crippen molar-refractivity contribution in [1.29, 1.82) is 0 Å². The van der Waals surface area contributed by atoms with Gasteiger partial charge in [0.05, 0.1) is 6.10 Å². The number of aliphatic hydroxyl groups is 3. The highest BCUT2D eigenvalue weighted by Crippen LogP contribution is 2.17. The normalized spacial score (nSPS) is 23.4. The number of unbranched alkanes of at least 4 members (excludes halogenated alkanes) is 2. The lowest BCUT2D eigenvalue weighted by Gasteiger charge is -2.13. The molecule has 0 spiro atoms. The van der Waals surface area contributed by atoms with Gasteiger partial charge >= 0.3 is 0 Å². The molecule has 0 saturated heterocycles. The summed E-state index contributed by atoms with van der Waals surface area (Å²) in [5, 5.41) is 28.7. The third kappa shape index (κ3) is 8.29. The highest BCUT2D eigenvalue weighted by molar-refractivity contribution is 5.96. The average Bonchev–Trinajstić information content (AvgIpc) is 2.57. The van der Waals surface area contributed by atoms with Crippen molar-refractivity contribution < 1.29 is 20.1 Å². The second-order valence-electron chi connectivity index (χ2n) is 6.82. The first-order valence-corrected chi connectivity index (χ1v) is 8.91. The van der Waals surface area contributed by atoms with Gasteiger partial charge in [0.25, 0.3) is 0 Å². The van der Waals surface area contributed by atoms with E-state index in [0.29, 0.717) is 5.92 Å². The van der Waals surface area contributed by atoms with E-state index >= 15 is 0 Å². The molecule has 0 fully saturated rings. The molecule has 1 aliphatic carbocycles. The van der Waals surface area contributed by atoms with Crippen molar-refractivity contribution in [2.75, 3.05) is 0 Å². The fraction of sp³-hybridized carbons (Fsp3) is 0.550. The Labute approximate surface area is 150 Å². The lowest BCUT2D eigenvalue weighted by molar-refractivity contribution is -0.127. The minimum Gasteiger partial charge on any atom is -0.504 e. The van der Waals surface area contributed by atoms with Gasteiger partial charge in [-0.1, -0.05) is 56.7 Å². The number of rotatable bonds is 10. The molecule has 0 radical (unpaired) electrons. The highest BCUT2D eigenvalue weighted by atomic mass is 16.3. The van der Waals surface area contributed by atoms with E-state index in [4.69, 9.17) is 5.73 Å². The molecule has 0 aliphatic heterocycles. The second-order valence-corrected chi connectivity index (χ2v) is 6.82. The van der Waals surface area contributed by atoms with Crippen LogP contribution in [0.2, 0.25) is 0 Å². The van der Waals surface area contributed by atoms with Crippen LogP contribution in [0.4, 0.5) is 0 Å². The maximum Gasteiger partial charge on any atom is 0.225 e. The summed E-state index contributed by atoms with van der Waals surface area (Å²) in [4.78, 5) is 11.7. The van der Waals surface area contributed by atoms with Gasteiger partial charge in [0.2, 0.25) is 5.78 Å². The number of aliphatic hydroxyl groups excluding tert-OH is 3. The van der Waals surface area contributed by atoms with E-state index in [1.807, 2.05) is 18.2 Å². The Morgan fingerprint density at radius 3 is 2.44 bits per heavy atom. The van der Waals surface area contributed by atoms with Crippen LogP contribution in [0, 0.1) is 11.8 Å². The number of carbonyl (C=O) groups excluding carboxylic acids is 1. The third-order valence-electron chi connectivity index (χ3n) is 4.13. The highest BCUT2D eigenvalue weighted by Gasteiger charge is 2.22. The number of allylic oxidation sites excluding steroid dienone is 3. The molecule has 25 heavy (non-hydrogen) atoms. The first-order valence-electron chi connectivity index (χ1n) is 8.91. The Balaban J connectivity index is 2.27. The molecule has 0 heterocycles. The molecule has 5 N–H and O–H groups in total. The molecule has 0 aromatic heterocycles. The second kappa shape index (κ2) is 11.0. The van der Waals surface area contributed by atoms with E-state index in [2.05, 4.69) is 0 Å². The van der Waals surface area contributed by atoms with Crippen LogP contribution in [-0.2, 0) is 4.79 Å². The van der Waals surface area contributed by atoms with E-state index in [-0.39, 0.29) is 5.92 Å². The fourth-order valence-electron chi connectivity index (χ4n) is 2.50. The van der Waals surface area contributed by atoms with E-state index < -0.39 is 29.8 Å². The standard InChI is InChI=1S/C20H31NO4/c1-14(2)19(24)20(25)18(23)13-16(21)8-6-4-3-5-7-15-9-11-17(22)12-10-15/h6,8-17,19,22-24H,3-5,7,21H2,1-2H3/b8-6-,18-13-/t15-,16-,17+,19-/m0/s1. The van der Waals surface area contributed by atoms with Gasteiger partial charge < -0.3 is 21.1 Å². The van der Waals surface area contributed by atoms with Crippen molar-refractivity contribution in [2.24, 2.45) is 17.6 Å². The molecular weight excluding hydrogens is 318 g/mol. The minimum atomic E-state index is -1.21. The summed E-state index contributed by atoms with van der Waals surface area (Å²) in [5.74, 6) is -1.05. The molecule has 0 aromatic rings. The van der Waals surface area contributed by atoms with Crippen LogP contribution in [0.3, 0.4) is 0 Å². The minimum absolute atomic E-state index is 0.257. The number of Topliss-reactive ketones (excluding diaryl/α,β-unsaturated/α-hetero) is 1. The molecule has 1 aliphatic rings. The molecular formula is C20H31NO4. The van der Waals surface area contributed by atoms with Gasteiger partial charge in [-0.2, -0.15) is 0 Å². The monoisotopic (exact) mass is 349 g/mol. The van der Waals surface area contributed by atoms with Gasteiger partial charge in [-0.3, -0.25) is 4.79 Å². The Morgan fingerprint density at radius 2 is 1.84 bits per heavy atom. The van der Waals surface area contributed by atoms with Crippen molar-refractivity contribution >= 4 is 5.78 Å². The molecule has 0 amide bonds. The Hall–Kier alpha value is -1.69. The van der Waals surface area contributed by atoms with Crippen LogP contribution in [0.25, 0.3) is 0 Å². The molecule has 0 aromatic carbocycles. The summed E-state index contributed by atoms with van der Waals surface area (Å²) in [6.07, 6.45) is 15.0. The molecule has 140 valence electrons. The summed E-state index contributed by atoms with van der Waals surface area (Å²) in [7, 11) is 0. The van der Waals surface area contributed by atoms with Crippen LogP contribution in [-0.4, -0.2) is 39.4 Å². The molecule has 0 bridgehead atoms. The largest absolute Gasteiger partial charge is 0.504 e. The van der Waals surface area contributed by atoms with E-state index in [1.165, 1.54) is 6.08 Å². The molecule has 2 atom stereocenters. The van der Waals surface area contributed by atoms with Crippen molar-refractivity contribution in [3.8, 4) is 0 Å². The lowest BCUT2D eigenvalue weighted by Crippen LogP contribution is -2.28. The van der Waals surface area contributed by atoms with Gasteiger partial charge in [-0.25, -0.2) is 0 Å². The Bertz CT molecular complexity index is 520. The topological polar surface area (TPSA) is 104 Å². The number of nitrogens with two attached hydrogens (primary N) is 1. The van der Waals surface area contributed by atoms with Gasteiger partial charge in [-0.05, 0) is 37.2 Å². The van der Waals surface area contributed by atoms with Crippen LogP contribution >= 0.6 is 0 Å². The summed E-state index contributed by atoms with van der Waals surface area (Å²) in [5.41, 5.74) is 5.83. The molecule has 1 rings (SSSR count). The predicted molar refractivity (Wildman–Crippen MR) is 99.9 cm³/mol. The number of carbonyl (C=O) groups is 1. The molecule has 5 nitrogen and oxygen atoms in total. The van der Waals surface area contributed by atoms with Crippen LogP contribution in [0.15, 0.2) is 48.3 Å². The third-order valence-corrected chi connectivity index (χ3v) is 4.13. The summed E-state index contributed by atoms with van der Waals surface area (Å²) in [6, 6.07) is -0.561. The fourth-order valence-corrected chi connectivity index (χ4v) is 2.50. The van der Waals surface area contributed by atoms with Crippen LogP contribution in [0.1, 0.15) is 39.5 Å². The van der Waals surface area contributed by atoms with Gasteiger partial charge in [0.1, 0.15) is 6.10 Å². The van der Waals surface area contributed by atoms with Crippen molar-refractivity contribution in [3.05, 3.63) is 48.3 Å². The first-order chi connectivity index (χ1) is 11.8. The Morgan fingerprint density at radius 1 is 1.20 bits per heavy atom. The number of hydrogen-bond acceptors (Lipinski definition) is 5. The average molecular weight is 349 g/mol. The first kappa shape index (κ1) is 21.4. The van der Waals surface area contributed by atoms with E-state index in [0.717, 1.165) is 25.7 Å². The summed E-state index contributed by atoms with van der Waals surface area (Å²) >= 11 is 0. The summed E-state index contributed by atoms with van der Waals surface area (Å²) in [6.45, 7) is 3.41. The molecule has 0 unspecified atom stereocenters. The number of ketones is 1. The molecule has 0 saturated carbocycles. The maximum absolute atomic E-state index is 11.7. The van der Waals surface area contributed by atoms with Gasteiger partial charge in [-0.15, -0.1) is 0 Å². The van der Waals surface area contributed by atoms with Crippen molar-refractivity contribution in [1.82, 2.24) is 0 Å². The molecule has 5 heteroatoms. The van der Waals surface area contributed by atoms with E-state index in [1.54, 1.807) is 32.1 Å². The van der Waals surface area contributed by atoms with Gasteiger partial charge in [0, 0.05) is 6.04 Å². The van der Waals surface area contributed by atoms with Crippen LogP contribution in [0.5, 0.6) is 0 Å². The SMILES string of the molecule is CC(C)[C@H](O)C(=O)/C(O)=C/[C@@H](N)/C=C\CCCC[C@H]1C=C[C@@H](O)C=C1. The van der Waals surface area contributed by atoms with Crippen molar-refractivity contribution in [3.63, 3.8) is 0 Å². The van der Waals surface area contributed by atoms with Crippen molar-refractivity contribution in [2.45, 2.75) is 57.8 Å².